The van der Waals surface area contributed by atoms with Crippen molar-refractivity contribution in [1.82, 2.24) is 19.9 Å². The van der Waals surface area contributed by atoms with Gasteiger partial charge in [0, 0.05) is 72.2 Å². The van der Waals surface area contributed by atoms with Crippen LogP contribution >= 0.6 is 11.6 Å². The molecule has 254 valence electrons. The molecular formula is C37H33ClFN6O5+. The lowest BCUT2D eigenvalue weighted by Gasteiger charge is -2.19. The molecule has 4 N–H and O–H groups in total. The third kappa shape index (κ3) is 7.06. The molecule has 6 rings (SSSR count). The van der Waals surface area contributed by atoms with Gasteiger partial charge in [-0.05, 0) is 53.6 Å². The quantitative estimate of drug-likeness (QED) is 0.0989. The van der Waals surface area contributed by atoms with Gasteiger partial charge in [0.05, 0.1) is 11.6 Å². The monoisotopic (exact) mass is 695 g/mol. The van der Waals surface area contributed by atoms with Gasteiger partial charge in [0.25, 0.3) is 5.91 Å². The van der Waals surface area contributed by atoms with Gasteiger partial charge in [-0.3, -0.25) is 4.79 Å². The number of nitrogen functional groups attached to an aromatic ring is 1. The van der Waals surface area contributed by atoms with Crippen LogP contribution in [0.15, 0.2) is 83.3 Å². The minimum absolute atomic E-state index is 0.00190. The highest BCUT2D eigenvalue weighted by atomic mass is 35.5. The summed E-state index contributed by atoms with van der Waals surface area (Å²) < 4.78 is 29.0. The van der Waals surface area contributed by atoms with Gasteiger partial charge in [0.1, 0.15) is 43.0 Å². The van der Waals surface area contributed by atoms with Crippen molar-refractivity contribution in [3.63, 3.8) is 0 Å². The van der Waals surface area contributed by atoms with E-state index >= 15 is 4.39 Å². The topological polar surface area (TPSA) is 147 Å². The fourth-order valence-electron chi connectivity index (χ4n) is 5.54. The number of rotatable bonds is 9. The molecule has 2 heterocycles. The highest BCUT2D eigenvalue weighted by Gasteiger charge is 2.24. The van der Waals surface area contributed by atoms with Crippen LogP contribution in [0, 0.1) is 5.82 Å². The maximum absolute atomic E-state index is 15.1. The van der Waals surface area contributed by atoms with Crippen molar-refractivity contribution in [2.24, 2.45) is 0 Å². The number of nitrogens with two attached hydrogens (primary N) is 1. The number of anilines is 2. The van der Waals surface area contributed by atoms with Gasteiger partial charge in [-0.15, -0.1) is 0 Å². The molecule has 0 bridgehead atoms. The van der Waals surface area contributed by atoms with E-state index in [4.69, 9.17) is 26.5 Å². The second-order valence-electron chi connectivity index (χ2n) is 12.0. The molecule has 3 aromatic carbocycles. The fourth-order valence-corrected chi connectivity index (χ4v) is 5.72. The number of hydrogen-bond acceptors (Lipinski definition) is 8. The Kier molecular flexibility index (Phi) is 9.38. The first kappa shape index (κ1) is 33.9. The zero-order valence-corrected chi connectivity index (χ0v) is 28.4. The highest BCUT2D eigenvalue weighted by Crippen LogP contribution is 2.42. The molecule has 50 heavy (non-hydrogen) atoms. The molecule has 0 saturated heterocycles. The maximum Gasteiger partial charge on any atom is 0.336 e. The number of aromatic carboxylic acids is 1. The molecule has 1 amide bonds. The minimum atomic E-state index is -1.15. The number of nitrogens with one attached hydrogen (secondary N) is 1. The number of hydrogen-bond donors (Lipinski definition) is 3. The van der Waals surface area contributed by atoms with Crippen molar-refractivity contribution in [3.05, 3.63) is 117 Å². The van der Waals surface area contributed by atoms with Crippen LogP contribution in [0.5, 0.6) is 5.88 Å². The summed E-state index contributed by atoms with van der Waals surface area (Å²) in [6.07, 6.45) is 0. The minimum Gasteiger partial charge on any atom is -0.478 e. The lowest BCUT2D eigenvalue weighted by Crippen LogP contribution is -2.23. The standard InChI is InChI=1S/C37H32ClFN6O5/c1-44(2)23-8-11-26-30(15-23)50-31-16-24(45(3)4)9-12-27(31)34(26)28-14-21(7-10-25(28)36(47)48)35(46)41-18-22-6-5-20(13-29(22)39)19-49-33-17-32(38)42-37(40)43-33/h5-17H,18-19H2,1-4H3,(H3-,40,41,42,43,46,47,48)/p+1. The first-order valence-electron chi connectivity index (χ1n) is 15.4. The number of nitrogens with zero attached hydrogens (tertiary/aromatic N) is 4. The van der Waals surface area contributed by atoms with Gasteiger partial charge in [-0.1, -0.05) is 23.7 Å². The largest absolute Gasteiger partial charge is 0.478 e. The van der Waals surface area contributed by atoms with E-state index in [-0.39, 0.29) is 46.8 Å². The summed E-state index contributed by atoms with van der Waals surface area (Å²) in [5, 5.41) is 14.7. The summed E-state index contributed by atoms with van der Waals surface area (Å²) in [6.45, 7) is -0.116. The number of aromatic nitrogens is 2. The van der Waals surface area contributed by atoms with Crippen molar-refractivity contribution in [3.8, 4) is 28.3 Å². The van der Waals surface area contributed by atoms with E-state index in [0.717, 1.165) is 11.0 Å². The second kappa shape index (κ2) is 13.8. The number of amides is 1. The Balaban J connectivity index is 1.32. The molecular weight excluding hydrogens is 663 g/mol. The number of carboxylic acid groups (broad SMARTS) is 1. The molecule has 0 saturated carbocycles. The number of carbonyl (C=O) groups excluding carboxylic acids is 1. The third-order valence-corrected chi connectivity index (χ3v) is 8.33. The molecule has 2 aliphatic rings. The van der Waals surface area contributed by atoms with Crippen LogP contribution in [0.4, 0.5) is 16.0 Å². The van der Waals surface area contributed by atoms with E-state index < -0.39 is 17.7 Å². The average Bonchev–Trinajstić information content (AvgIpc) is 3.07. The Morgan fingerprint density at radius 3 is 2.50 bits per heavy atom. The van der Waals surface area contributed by atoms with Crippen LogP contribution in [0.2, 0.25) is 5.15 Å². The second-order valence-corrected chi connectivity index (χ2v) is 12.4. The zero-order chi connectivity index (χ0) is 35.7. The Morgan fingerprint density at radius 2 is 1.80 bits per heavy atom. The maximum atomic E-state index is 15.1. The molecule has 13 heteroatoms. The number of carboxylic acids is 1. The molecule has 0 fully saturated rings. The van der Waals surface area contributed by atoms with E-state index in [0.29, 0.717) is 39.0 Å². The number of fused-ring (bicyclic) bond motifs is 2. The first-order valence-corrected chi connectivity index (χ1v) is 15.8. The molecule has 1 aromatic heterocycles. The highest BCUT2D eigenvalue weighted by molar-refractivity contribution is 6.29. The number of ether oxygens (including phenoxy) is 1. The van der Waals surface area contributed by atoms with Crippen molar-refractivity contribution in [1.29, 1.82) is 0 Å². The molecule has 1 aliphatic heterocycles. The third-order valence-electron chi connectivity index (χ3n) is 8.14. The van der Waals surface area contributed by atoms with E-state index in [2.05, 4.69) is 15.3 Å². The van der Waals surface area contributed by atoms with Crippen molar-refractivity contribution in [2.45, 2.75) is 13.2 Å². The molecule has 0 unspecified atom stereocenters. The summed E-state index contributed by atoms with van der Waals surface area (Å²) in [5.74, 6) is -1.56. The molecule has 11 nitrogen and oxygen atoms in total. The van der Waals surface area contributed by atoms with Gasteiger partial charge >= 0.3 is 5.97 Å². The van der Waals surface area contributed by atoms with Crippen LogP contribution in [-0.2, 0) is 13.2 Å². The lowest BCUT2D eigenvalue weighted by atomic mass is 9.89. The van der Waals surface area contributed by atoms with E-state index in [1.165, 1.54) is 24.3 Å². The summed E-state index contributed by atoms with van der Waals surface area (Å²) in [7, 11) is 7.67. The summed E-state index contributed by atoms with van der Waals surface area (Å²) in [4.78, 5) is 35.7. The summed E-state index contributed by atoms with van der Waals surface area (Å²) >= 11 is 5.88. The average molecular weight is 696 g/mol. The predicted octanol–water partition coefficient (Wildman–Crippen LogP) is 5.67. The van der Waals surface area contributed by atoms with E-state index in [1.807, 2.05) is 74.1 Å². The van der Waals surface area contributed by atoms with Gasteiger partial charge in [-0.25, -0.2) is 18.7 Å². The fraction of sp³-hybridized carbons (Fsp3) is 0.162. The van der Waals surface area contributed by atoms with Gasteiger partial charge in [0.2, 0.25) is 17.2 Å². The Hall–Kier alpha value is -6.01. The number of halogens is 2. The van der Waals surface area contributed by atoms with Crippen LogP contribution in [0.1, 0.15) is 31.8 Å². The van der Waals surface area contributed by atoms with Gasteiger partial charge < -0.3 is 30.2 Å². The molecule has 4 aromatic rings. The smallest absolute Gasteiger partial charge is 0.336 e. The summed E-state index contributed by atoms with van der Waals surface area (Å²) in [5.41, 5.74) is 9.65. The van der Waals surface area contributed by atoms with Crippen LogP contribution in [0.25, 0.3) is 33.4 Å². The van der Waals surface area contributed by atoms with Crippen LogP contribution in [0.3, 0.4) is 0 Å². The van der Waals surface area contributed by atoms with Gasteiger partial charge in [-0.2, -0.15) is 4.98 Å². The Morgan fingerprint density at radius 1 is 1.00 bits per heavy atom. The SMILES string of the molecule is CN(C)c1ccc2c(-c3cc(C(=O)NCc4ccc(COc5cc(Cl)nc(N)n5)cc4F)ccc3C(=O)O)c3ccc(=[N+](C)C)cc-3oc2c1. The predicted molar refractivity (Wildman–Crippen MR) is 190 cm³/mol. The van der Waals surface area contributed by atoms with E-state index in [9.17, 15) is 14.7 Å². The van der Waals surface area contributed by atoms with Gasteiger partial charge in [0.15, 0.2) is 0 Å². The van der Waals surface area contributed by atoms with Crippen molar-refractivity contribution in [2.75, 3.05) is 38.8 Å². The molecule has 0 atom stereocenters. The van der Waals surface area contributed by atoms with Crippen LogP contribution < -0.4 is 30.6 Å². The Bertz CT molecular complexity index is 2320. The molecule has 0 spiro atoms. The van der Waals surface area contributed by atoms with Crippen molar-refractivity contribution >= 4 is 46.1 Å². The Labute approximate surface area is 291 Å². The number of carbonyl (C=O) groups is 2. The van der Waals surface area contributed by atoms with Crippen molar-refractivity contribution < 1.29 is 28.2 Å². The normalized spacial score (nSPS) is 11.1. The first-order chi connectivity index (χ1) is 23.9. The summed E-state index contributed by atoms with van der Waals surface area (Å²) in [6, 6.07) is 21.7. The number of benzene rings is 4. The molecule has 0 radical (unpaired) electrons. The lowest BCUT2D eigenvalue weighted by molar-refractivity contribution is 0.0697. The zero-order valence-electron chi connectivity index (χ0n) is 27.6. The molecule has 1 aliphatic carbocycles. The van der Waals surface area contributed by atoms with E-state index in [1.54, 1.807) is 18.2 Å². The van der Waals surface area contributed by atoms with Crippen LogP contribution in [-0.4, -0.2) is 55.1 Å².